The number of carbonyl (C=O) groups excluding carboxylic acids is 1. The Hall–Kier alpha value is -3.01. The van der Waals surface area contributed by atoms with Crippen LogP contribution in [0.15, 0.2) is 72.9 Å². The van der Waals surface area contributed by atoms with E-state index in [9.17, 15) is 9.18 Å². The van der Waals surface area contributed by atoms with Crippen LogP contribution in [0.1, 0.15) is 33.2 Å². The number of nitrogens with zero attached hydrogens (tertiary/aromatic N) is 1. The molecular formula is C20H17FN2O. The Balaban J connectivity index is 1.92. The van der Waals surface area contributed by atoms with E-state index in [0.717, 1.165) is 11.3 Å². The number of pyridine rings is 1. The average Bonchev–Trinajstić information content (AvgIpc) is 2.63. The molecule has 0 saturated carbocycles. The summed E-state index contributed by atoms with van der Waals surface area (Å²) in [6.07, 6.45) is 1.68. The van der Waals surface area contributed by atoms with Crippen LogP contribution in [0, 0.1) is 12.7 Å². The highest BCUT2D eigenvalue weighted by atomic mass is 19.1. The highest BCUT2D eigenvalue weighted by Crippen LogP contribution is 2.21. The van der Waals surface area contributed by atoms with Gasteiger partial charge in [-0.05, 0) is 42.3 Å². The third-order valence-corrected chi connectivity index (χ3v) is 3.83. The van der Waals surface area contributed by atoms with Crippen LogP contribution in [0.3, 0.4) is 0 Å². The van der Waals surface area contributed by atoms with Gasteiger partial charge in [-0.15, -0.1) is 0 Å². The monoisotopic (exact) mass is 320 g/mol. The third-order valence-electron chi connectivity index (χ3n) is 3.83. The van der Waals surface area contributed by atoms with Crippen LogP contribution in [-0.4, -0.2) is 10.9 Å². The van der Waals surface area contributed by atoms with E-state index in [1.807, 2.05) is 48.5 Å². The van der Waals surface area contributed by atoms with Gasteiger partial charge >= 0.3 is 0 Å². The Morgan fingerprint density at radius 3 is 2.46 bits per heavy atom. The van der Waals surface area contributed by atoms with Crippen molar-refractivity contribution in [3.05, 3.63) is 101 Å². The van der Waals surface area contributed by atoms with Crippen LogP contribution >= 0.6 is 0 Å². The fraction of sp³-hybridized carbons (Fsp3) is 0.100. The van der Waals surface area contributed by atoms with E-state index in [-0.39, 0.29) is 11.5 Å². The van der Waals surface area contributed by atoms with Crippen molar-refractivity contribution in [1.82, 2.24) is 10.3 Å². The van der Waals surface area contributed by atoms with Gasteiger partial charge in [0.25, 0.3) is 5.91 Å². The summed E-state index contributed by atoms with van der Waals surface area (Å²) in [5.41, 5.74) is 2.44. The summed E-state index contributed by atoms with van der Waals surface area (Å²) in [5, 5.41) is 2.94. The van der Waals surface area contributed by atoms with Gasteiger partial charge in [0.05, 0.1) is 11.7 Å². The highest BCUT2D eigenvalue weighted by molar-refractivity contribution is 5.94. The van der Waals surface area contributed by atoms with Crippen molar-refractivity contribution >= 4 is 5.91 Å². The Bertz CT molecular complexity index is 795. The van der Waals surface area contributed by atoms with Gasteiger partial charge in [0.15, 0.2) is 0 Å². The molecule has 0 saturated heterocycles. The van der Waals surface area contributed by atoms with Crippen LogP contribution in [0.5, 0.6) is 0 Å². The molecule has 24 heavy (non-hydrogen) atoms. The predicted octanol–water partition coefficient (Wildman–Crippen LogP) is 4.05. The van der Waals surface area contributed by atoms with Crippen molar-refractivity contribution in [2.75, 3.05) is 0 Å². The first-order chi connectivity index (χ1) is 11.6. The van der Waals surface area contributed by atoms with Gasteiger partial charge in [-0.2, -0.15) is 0 Å². The topological polar surface area (TPSA) is 42.0 Å². The molecule has 0 aliphatic rings. The maximum Gasteiger partial charge on any atom is 0.252 e. The lowest BCUT2D eigenvalue weighted by Crippen LogP contribution is -2.30. The summed E-state index contributed by atoms with van der Waals surface area (Å²) in [5.74, 6) is -0.731. The summed E-state index contributed by atoms with van der Waals surface area (Å²) in [6.45, 7) is 1.66. The van der Waals surface area contributed by atoms with E-state index in [1.54, 1.807) is 25.3 Å². The molecule has 1 amide bonds. The molecule has 1 unspecified atom stereocenters. The van der Waals surface area contributed by atoms with Gasteiger partial charge in [-0.3, -0.25) is 9.78 Å². The molecule has 1 atom stereocenters. The first-order valence-corrected chi connectivity index (χ1v) is 7.68. The summed E-state index contributed by atoms with van der Waals surface area (Å²) < 4.78 is 13.7. The van der Waals surface area contributed by atoms with Crippen molar-refractivity contribution in [2.45, 2.75) is 13.0 Å². The molecule has 1 aromatic heterocycles. The second-order valence-electron chi connectivity index (χ2n) is 5.54. The minimum absolute atomic E-state index is 0.287. The number of halogens is 1. The number of rotatable bonds is 4. The van der Waals surface area contributed by atoms with Gasteiger partial charge in [0.1, 0.15) is 5.82 Å². The summed E-state index contributed by atoms with van der Waals surface area (Å²) in [7, 11) is 0. The van der Waals surface area contributed by atoms with Crippen molar-refractivity contribution in [1.29, 1.82) is 0 Å². The van der Waals surface area contributed by atoms with Crippen molar-refractivity contribution in [2.24, 2.45) is 0 Å². The van der Waals surface area contributed by atoms with Crippen LogP contribution < -0.4 is 5.32 Å². The van der Waals surface area contributed by atoms with Gasteiger partial charge in [0, 0.05) is 11.8 Å². The highest BCUT2D eigenvalue weighted by Gasteiger charge is 2.19. The van der Waals surface area contributed by atoms with Crippen molar-refractivity contribution < 1.29 is 9.18 Å². The molecule has 120 valence electrons. The normalized spacial score (nSPS) is 11.8. The lowest BCUT2D eigenvalue weighted by Gasteiger charge is -2.19. The van der Waals surface area contributed by atoms with Crippen molar-refractivity contribution in [3.8, 4) is 0 Å². The second-order valence-corrected chi connectivity index (χ2v) is 5.54. The zero-order chi connectivity index (χ0) is 16.9. The number of benzene rings is 2. The van der Waals surface area contributed by atoms with E-state index in [2.05, 4.69) is 10.3 Å². The molecular weight excluding hydrogens is 303 g/mol. The van der Waals surface area contributed by atoms with E-state index in [0.29, 0.717) is 5.56 Å². The predicted molar refractivity (Wildman–Crippen MR) is 91.1 cm³/mol. The maximum absolute atomic E-state index is 13.7. The lowest BCUT2D eigenvalue weighted by atomic mass is 10.0. The Labute approximate surface area is 140 Å². The third kappa shape index (κ3) is 3.49. The molecule has 3 aromatic rings. The molecule has 0 bridgehead atoms. The number of hydrogen-bond donors (Lipinski definition) is 1. The standard InChI is InChI=1S/C20H17FN2O/c1-14-10-11-16(13-17(14)21)20(24)23-19(15-7-3-2-4-8-15)18-9-5-6-12-22-18/h2-13,19H,1H3,(H,23,24). The average molecular weight is 320 g/mol. The minimum Gasteiger partial charge on any atom is -0.340 e. The number of aromatic nitrogens is 1. The molecule has 0 aliphatic heterocycles. The van der Waals surface area contributed by atoms with Crippen LogP contribution in [0.25, 0.3) is 0 Å². The molecule has 3 nitrogen and oxygen atoms in total. The van der Waals surface area contributed by atoms with E-state index in [1.165, 1.54) is 6.07 Å². The summed E-state index contributed by atoms with van der Waals surface area (Å²) in [4.78, 5) is 16.9. The van der Waals surface area contributed by atoms with Crippen LogP contribution in [0.2, 0.25) is 0 Å². The largest absolute Gasteiger partial charge is 0.340 e. The Morgan fingerprint density at radius 2 is 1.79 bits per heavy atom. The van der Waals surface area contributed by atoms with Gasteiger partial charge in [-0.25, -0.2) is 4.39 Å². The number of hydrogen-bond acceptors (Lipinski definition) is 2. The molecule has 0 spiro atoms. The number of nitrogens with one attached hydrogen (secondary N) is 1. The number of amides is 1. The fourth-order valence-electron chi connectivity index (χ4n) is 2.47. The second kappa shape index (κ2) is 7.04. The lowest BCUT2D eigenvalue weighted by molar-refractivity contribution is 0.0942. The molecule has 0 radical (unpaired) electrons. The molecule has 0 fully saturated rings. The van der Waals surface area contributed by atoms with E-state index in [4.69, 9.17) is 0 Å². The van der Waals surface area contributed by atoms with Gasteiger partial charge in [0.2, 0.25) is 0 Å². The minimum atomic E-state index is -0.399. The smallest absolute Gasteiger partial charge is 0.252 e. The van der Waals surface area contributed by atoms with Gasteiger partial charge in [-0.1, -0.05) is 42.5 Å². The fourth-order valence-corrected chi connectivity index (χ4v) is 2.47. The zero-order valence-electron chi connectivity index (χ0n) is 13.2. The number of aryl methyl sites for hydroxylation is 1. The Kier molecular flexibility index (Phi) is 4.66. The van der Waals surface area contributed by atoms with Crippen molar-refractivity contribution in [3.63, 3.8) is 0 Å². The Morgan fingerprint density at radius 1 is 1.04 bits per heavy atom. The molecule has 1 N–H and O–H groups in total. The molecule has 4 heteroatoms. The summed E-state index contributed by atoms with van der Waals surface area (Å²) in [6, 6.07) is 19.2. The molecule has 1 heterocycles. The van der Waals surface area contributed by atoms with E-state index >= 15 is 0 Å². The summed E-state index contributed by atoms with van der Waals surface area (Å²) >= 11 is 0. The molecule has 3 rings (SSSR count). The first kappa shape index (κ1) is 15.9. The molecule has 0 aliphatic carbocycles. The zero-order valence-corrected chi connectivity index (χ0v) is 13.2. The molecule has 2 aromatic carbocycles. The van der Waals surface area contributed by atoms with Gasteiger partial charge < -0.3 is 5.32 Å². The quantitative estimate of drug-likeness (QED) is 0.788. The van der Waals surface area contributed by atoms with E-state index < -0.39 is 11.9 Å². The SMILES string of the molecule is Cc1ccc(C(=O)NC(c2ccccc2)c2ccccn2)cc1F. The maximum atomic E-state index is 13.7. The first-order valence-electron chi connectivity index (χ1n) is 7.68. The number of carbonyl (C=O) groups is 1. The van der Waals surface area contributed by atoms with Crippen LogP contribution in [-0.2, 0) is 0 Å². The van der Waals surface area contributed by atoms with Crippen LogP contribution in [0.4, 0.5) is 4.39 Å².